The van der Waals surface area contributed by atoms with Crippen LogP contribution in [0.1, 0.15) is 22.6 Å². The van der Waals surface area contributed by atoms with Crippen molar-refractivity contribution in [3.63, 3.8) is 0 Å². The highest BCUT2D eigenvalue weighted by atomic mass is 16.5. The van der Waals surface area contributed by atoms with Gasteiger partial charge in [-0.15, -0.1) is 0 Å². The number of fused-ring (bicyclic) bond motifs is 2. The number of para-hydroxylation sites is 2. The van der Waals surface area contributed by atoms with Gasteiger partial charge in [-0.05, 0) is 23.2 Å². The van der Waals surface area contributed by atoms with Gasteiger partial charge < -0.3 is 14.8 Å². The average molecular weight is 302 g/mol. The third-order valence-corrected chi connectivity index (χ3v) is 4.25. The molecule has 0 bridgehead atoms. The van der Waals surface area contributed by atoms with Crippen LogP contribution in [-0.4, -0.2) is 17.2 Å². The molecule has 3 aromatic carbocycles. The number of ether oxygens (including phenoxy) is 1. The number of hydrogen-bond acceptors (Lipinski definition) is 3. The lowest BCUT2D eigenvalue weighted by atomic mass is 9.77. The summed E-state index contributed by atoms with van der Waals surface area (Å²) >= 11 is 0. The molecule has 0 fully saturated rings. The fraction of sp³-hybridized carbons (Fsp3) is 0.0526. The number of rotatable bonds is 2. The maximum atomic E-state index is 9.28. The normalized spacial score (nSPS) is 13.0. The second kappa shape index (κ2) is 5.58. The third kappa shape index (κ3) is 2.42. The van der Waals surface area contributed by atoms with Crippen molar-refractivity contribution in [3.05, 3.63) is 89.5 Å². The van der Waals surface area contributed by atoms with Gasteiger partial charge in [-0.3, -0.25) is 0 Å². The lowest BCUT2D eigenvalue weighted by molar-refractivity contribution is 0.425. The van der Waals surface area contributed by atoms with Gasteiger partial charge in [0.05, 0.1) is 0 Å². The van der Waals surface area contributed by atoms with Crippen molar-refractivity contribution in [1.82, 2.24) is 0 Å². The first-order chi connectivity index (χ1) is 11.2. The van der Waals surface area contributed by atoms with Gasteiger partial charge in [-0.25, -0.2) is 0 Å². The fourth-order valence-electron chi connectivity index (χ4n) is 3.13. The van der Waals surface area contributed by atoms with Crippen molar-refractivity contribution in [3.8, 4) is 11.5 Å². The molecule has 0 unspecified atom stereocenters. The number of benzene rings is 3. The second-order valence-electron chi connectivity index (χ2n) is 5.65. The van der Waals surface area contributed by atoms with Crippen molar-refractivity contribution in [1.29, 1.82) is 0 Å². The zero-order chi connectivity index (χ0) is 15.8. The Kier molecular flexibility index (Phi) is 3.41. The van der Waals surface area contributed by atoms with Crippen LogP contribution in [0.25, 0.3) is 0 Å². The highest BCUT2D eigenvalue weighted by Gasteiger charge is 2.28. The SMILES string of the molecule is OB(O)c1ccc(C2c3ccccc3Oc3ccccc32)cc1. The largest absolute Gasteiger partial charge is 0.488 e. The summed E-state index contributed by atoms with van der Waals surface area (Å²) in [5.74, 6) is 1.80. The molecule has 0 radical (unpaired) electrons. The summed E-state index contributed by atoms with van der Waals surface area (Å²) in [7, 11) is -1.45. The molecule has 0 aromatic heterocycles. The van der Waals surface area contributed by atoms with E-state index in [0.29, 0.717) is 5.46 Å². The van der Waals surface area contributed by atoms with Crippen molar-refractivity contribution >= 4 is 12.6 Å². The van der Waals surface area contributed by atoms with Crippen molar-refractivity contribution in [2.75, 3.05) is 0 Å². The Balaban J connectivity index is 1.87. The van der Waals surface area contributed by atoms with Gasteiger partial charge in [0, 0.05) is 17.0 Å². The molecule has 3 nitrogen and oxygen atoms in total. The molecule has 1 heterocycles. The molecule has 3 aromatic rings. The summed E-state index contributed by atoms with van der Waals surface area (Å²) in [4.78, 5) is 0. The molecule has 112 valence electrons. The standard InChI is InChI=1S/C19H15BO3/c21-20(22)14-11-9-13(10-12-14)19-15-5-1-3-7-17(15)23-18-8-4-2-6-16(18)19/h1-12,19,21-22H. The zero-order valence-electron chi connectivity index (χ0n) is 12.4. The molecule has 23 heavy (non-hydrogen) atoms. The quantitative estimate of drug-likeness (QED) is 0.560. The molecule has 4 rings (SSSR count). The van der Waals surface area contributed by atoms with E-state index in [1.165, 1.54) is 0 Å². The molecule has 4 heteroatoms. The van der Waals surface area contributed by atoms with Crippen molar-refractivity contribution in [2.24, 2.45) is 0 Å². The van der Waals surface area contributed by atoms with Crippen LogP contribution in [-0.2, 0) is 0 Å². The maximum absolute atomic E-state index is 9.28. The maximum Gasteiger partial charge on any atom is 0.488 e. The minimum absolute atomic E-state index is 0.0704. The topological polar surface area (TPSA) is 49.7 Å². The summed E-state index contributed by atoms with van der Waals surface area (Å²) in [6.45, 7) is 0. The molecule has 1 aliphatic heterocycles. The van der Waals surface area contributed by atoms with E-state index < -0.39 is 7.12 Å². The number of hydrogen-bond donors (Lipinski definition) is 2. The van der Waals surface area contributed by atoms with Crippen LogP contribution in [0.2, 0.25) is 0 Å². The van der Waals surface area contributed by atoms with Gasteiger partial charge in [0.2, 0.25) is 0 Å². The fourth-order valence-corrected chi connectivity index (χ4v) is 3.13. The van der Waals surface area contributed by atoms with Gasteiger partial charge in [0.1, 0.15) is 11.5 Å². The van der Waals surface area contributed by atoms with Crippen LogP contribution in [0.5, 0.6) is 11.5 Å². The summed E-state index contributed by atoms with van der Waals surface area (Å²) in [5.41, 5.74) is 3.81. The predicted molar refractivity (Wildman–Crippen MR) is 90.2 cm³/mol. The lowest BCUT2D eigenvalue weighted by Gasteiger charge is -2.28. The molecule has 2 N–H and O–H groups in total. The van der Waals surface area contributed by atoms with Crippen molar-refractivity contribution in [2.45, 2.75) is 5.92 Å². The molecule has 1 aliphatic rings. The first-order valence-corrected chi connectivity index (χ1v) is 7.56. The molecule has 0 saturated carbocycles. The summed E-state index contributed by atoms with van der Waals surface area (Å²) in [6, 6.07) is 23.4. The van der Waals surface area contributed by atoms with Crippen molar-refractivity contribution < 1.29 is 14.8 Å². The first kappa shape index (κ1) is 14.1. The lowest BCUT2D eigenvalue weighted by Crippen LogP contribution is -2.29. The molecule has 0 spiro atoms. The minimum atomic E-state index is -1.45. The molecule has 0 saturated heterocycles. The van der Waals surface area contributed by atoms with Crippen LogP contribution in [0.4, 0.5) is 0 Å². The van der Waals surface area contributed by atoms with Gasteiger partial charge in [0.25, 0.3) is 0 Å². The van der Waals surface area contributed by atoms with E-state index in [2.05, 4.69) is 12.1 Å². The van der Waals surface area contributed by atoms with E-state index in [-0.39, 0.29) is 5.92 Å². The van der Waals surface area contributed by atoms with E-state index in [1.807, 2.05) is 48.5 Å². The van der Waals surface area contributed by atoms with Crippen LogP contribution < -0.4 is 10.2 Å². The highest BCUT2D eigenvalue weighted by Crippen LogP contribution is 2.46. The van der Waals surface area contributed by atoms with E-state index >= 15 is 0 Å². The Bertz CT molecular complexity index is 798. The molecule has 0 amide bonds. The van der Waals surface area contributed by atoms with Crippen LogP contribution in [0, 0.1) is 0 Å². The first-order valence-electron chi connectivity index (χ1n) is 7.56. The molecular weight excluding hydrogens is 287 g/mol. The zero-order valence-corrected chi connectivity index (χ0v) is 12.4. The van der Waals surface area contributed by atoms with Crippen LogP contribution >= 0.6 is 0 Å². The van der Waals surface area contributed by atoms with E-state index in [4.69, 9.17) is 4.74 Å². The van der Waals surface area contributed by atoms with E-state index in [9.17, 15) is 10.0 Å². The minimum Gasteiger partial charge on any atom is -0.457 e. The Morgan fingerprint density at radius 3 is 1.74 bits per heavy atom. The highest BCUT2D eigenvalue weighted by molar-refractivity contribution is 6.58. The third-order valence-electron chi connectivity index (χ3n) is 4.25. The summed E-state index contributed by atoms with van der Waals surface area (Å²) < 4.78 is 6.01. The van der Waals surface area contributed by atoms with Crippen LogP contribution in [0.15, 0.2) is 72.8 Å². The van der Waals surface area contributed by atoms with Gasteiger partial charge in [-0.2, -0.15) is 0 Å². The Labute approximate surface area is 134 Å². The monoisotopic (exact) mass is 302 g/mol. The average Bonchev–Trinajstić information content (AvgIpc) is 2.59. The van der Waals surface area contributed by atoms with Gasteiger partial charge in [-0.1, -0.05) is 60.7 Å². The second-order valence-corrected chi connectivity index (χ2v) is 5.65. The summed E-state index contributed by atoms with van der Waals surface area (Å²) in [5, 5.41) is 18.6. The molecule has 0 atom stereocenters. The molecular formula is C19H15BO3. The summed E-state index contributed by atoms with van der Waals surface area (Å²) in [6.07, 6.45) is 0. The smallest absolute Gasteiger partial charge is 0.457 e. The van der Waals surface area contributed by atoms with Crippen LogP contribution in [0.3, 0.4) is 0 Å². The van der Waals surface area contributed by atoms with Gasteiger partial charge in [0.15, 0.2) is 0 Å². The van der Waals surface area contributed by atoms with Gasteiger partial charge >= 0.3 is 7.12 Å². The molecule has 0 aliphatic carbocycles. The Hall–Kier alpha value is -2.56. The Morgan fingerprint density at radius 1 is 0.696 bits per heavy atom. The van der Waals surface area contributed by atoms with E-state index in [1.54, 1.807) is 12.1 Å². The predicted octanol–water partition coefficient (Wildman–Crippen LogP) is 2.65. The van der Waals surface area contributed by atoms with E-state index in [0.717, 1.165) is 28.2 Å². The Morgan fingerprint density at radius 2 is 1.22 bits per heavy atom.